The number of nitrogens with zero attached hydrogens (tertiary/aromatic N) is 2. The van der Waals surface area contributed by atoms with Crippen LogP contribution in [0.5, 0.6) is 0 Å². The third-order valence-corrected chi connectivity index (χ3v) is 4.10. The van der Waals surface area contributed by atoms with Crippen LogP contribution in [0.1, 0.15) is 19.3 Å². The predicted molar refractivity (Wildman–Crippen MR) is 71.5 cm³/mol. The van der Waals surface area contributed by atoms with Crippen molar-refractivity contribution in [1.82, 2.24) is 15.3 Å². The molecule has 5 heteroatoms. The highest BCUT2D eigenvalue weighted by atomic mass is 32.1. The van der Waals surface area contributed by atoms with E-state index in [9.17, 15) is 0 Å². The first-order chi connectivity index (χ1) is 8.43. The van der Waals surface area contributed by atoms with Crippen molar-refractivity contribution in [2.75, 3.05) is 18.4 Å². The van der Waals surface area contributed by atoms with Crippen LogP contribution in [-0.2, 0) is 0 Å². The maximum Gasteiger partial charge on any atom is 0.147 e. The number of nitrogens with one attached hydrogen (secondary N) is 2. The Morgan fingerprint density at radius 1 is 1.47 bits per heavy atom. The van der Waals surface area contributed by atoms with E-state index in [1.165, 1.54) is 19.4 Å². The van der Waals surface area contributed by atoms with E-state index in [1.54, 1.807) is 17.7 Å². The second-order valence-electron chi connectivity index (χ2n) is 4.37. The minimum atomic E-state index is 0.683. The fraction of sp³-hybridized carbons (Fsp3) is 0.500. The molecule has 90 valence electrons. The molecular weight excluding hydrogens is 232 g/mol. The second-order valence-corrected chi connectivity index (χ2v) is 5.28. The van der Waals surface area contributed by atoms with Gasteiger partial charge < -0.3 is 10.6 Å². The monoisotopic (exact) mass is 248 g/mol. The summed E-state index contributed by atoms with van der Waals surface area (Å²) in [6.45, 7) is 2.15. The van der Waals surface area contributed by atoms with Gasteiger partial charge in [0, 0.05) is 12.6 Å². The summed E-state index contributed by atoms with van der Waals surface area (Å²) in [4.78, 5) is 8.55. The van der Waals surface area contributed by atoms with E-state index in [0.29, 0.717) is 6.04 Å². The van der Waals surface area contributed by atoms with Gasteiger partial charge in [-0.15, -0.1) is 11.3 Å². The molecule has 0 radical (unpaired) electrons. The van der Waals surface area contributed by atoms with Crippen molar-refractivity contribution in [3.8, 4) is 0 Å². The number of hydrogen-bond donors (Lipinski definition) is 2. The Hall–Kier alpha value is -1.20. The maximum absolute atomic E-state index is 4.31. The van der Waals surface area contributed by atoms with Crippen molar-refractivity contribution in [2.45, 2.75) is 25.3 Å². The van der Waals surface area contributed by atoms with Crippen molar-refractivity contribution in [3.63, 3.8) is 0 Å². The molecule has 1 aliphatic heterocycles. The Morgan fingerprint density at radius 3 is 3.35 bits per heavy atom. The molecule has 2 N–H and O–H groups in total. The van der Waals surface area contributed by atoms with Gasteiger partial charge >= 0.3 is 0 Å². The Bertz CT molecular complexity index is 490. The van der Waals surface area contributed by atoms with Crippen LogP contribution in [0.4, 0.5) is 5.82 Å². The summed E-state index contributed by atoms with van der Waals surface area (Å²) in [6, 6.07) is 2.72. The van der Waals surface area contributed by atoms with Gasteiger partial charge in [0.1, 0.15) is 12.1 Å². The van der Waals surface area contributed by atoms with Gasteiger partial charge in [0.15, 0.2) is 0 Å². The summed E-state index contributed by atoms with van der Waals surface area (Å²) >= 11 is 1.69. The minimum Gasteiger partial charge on any atom is -0.369 e. The highest BCUT2D eigenvalue weighted by molar-refractivity contribution is 7.17. The zero-order valence-electron chi connectivity index (χ0n) is 9.65. The van der Waals surface area contributed by atoms with Gasteiger partial charge in [0.25, 0.3) is 0 Å². The molecule has 0 unspecified atom stereocenters. The number of hydrogen-bond acceptors (Lipinski definition) is 5. The summed E-state index contributed by atoms with van der Waals surface area (Å²) in [7, 11) is 0. The summed E-state index contributed by atoms with van der Waals surface area (Å²) in [5.74, 6) is 0.975. The fourth-order valence-electron chi connectivity index (χ4n) is 2.28. The summed E-state index contributed by atoms with van der Waals surface area (Å²) in [5.41, 5.74) is 1.03. The number of thiophene rings is 1. The number of fused-ring (bicyclic) bond motifs is 1. The lowest BCUT2D eigenvalue weighted by Crippen LogP contribution is -2.24. The van der Waals surface area contributed by atoms with Crippen LogP contribution < -0.4 is 10.6 Å². The Balaban J connectivity index is 1.62. The van der Waals surface area contributed by atoms with Crippen LogP contribution in [0.3, 0.4) is 0 Å². The lowest BCUT2D eigenvalue weighted by atomic mass is 10.1. The molecule has 17 heavy (non-hydrogen) atoms. The largest absolute Gasteiger partial charge is 0.369 e. The van der Waals surface area contributed by atoms with Crippen molar-refractivity contribution in [3.05, 3.63) is 17.8 Å². The standard InChI is InChI=1S/C12H16N4S/c1-2-9(13-5-1)3-6-14-12-11-10(4-7-17-11)15-8-16-12/h4,7-9,13H,1-3,5-6H2,(H,14,15,16)/t9-/m1/s1. The van der Waals surface area contributed by atoms with Crippen LogP contribution in [0.25, 0.3) is 10.2 Å². The maximum atomic E-state index is 4.31. The van der Waals surface area contributed by atoms with Gasteiger partial charge in [0.2, 0.25) is 0 Å². The van der Waals surface area contributed by atoms with Crippen LogP contribution >= 0.6 is 11.3 Å². The molecule has 0 spiro atoms. The van der Waals surface area contributed by atoms with E-state index in [1.807, 2.05) is 6.07 Å². The molecule has 0 amide bonds. The Kier molecular flexibility index (Phi) is 3.20. The van der Waals surface area contributed by atoms with Crippen LogP contribution in [0.2, 0.25) is 0 Å². The first kappa shape index (κ1) is 10.9. The molecular formula is C12H16N4S. The van der Waals surface area contributed by atoms with Crippen LogP contribution in [-0.4, -0.2) is 29.1 Å². The van der Waals surface area contributed by atoms with Gasteiger partial charge in [-0.25, -0.2) is 9.97 Å². The third-order valence-electron chi connectivity index (χ3n) is 3.19. The molecule has 1 saturated heterocycles. The average Bonchev–Trinajstić information content (AvgIpc) is 2.99. The third kappa shape index (κ3) is 2.40. The molecule has 3 heterocycles. The molecule has 2 aromatic rings. The molecule has 1 aliphatic rings. The molecule has 4 nitrogen and oxygen atoms in total. The minimum absolute atomic E-state index is 0.683. The van der Waals surface area contributed by atoms with Crippen molar-refractivity contribution < 1.29 is 0 Å². The fourth-order valence-corrected chi connectivity index (χ4v) is 3.09. The smallest absolute Gasteiger partial charge is 0.147 e. The highest BCUT2D eigenvalue weighted by Crippen LogP contribution is 2.24. The summed E-state index contributed by atoms with van der Waals surface area (Å²) in [6.07, 6.45) is 5.41. The summed E-state index contributed by atoms with van der Waals surface area (Å²) < 4.78 is 1.16. The number of aromatic nitrogens is 2. The molecule has 0 aromatic carbocycles. The van der Waals surface area contributed by atoms with Crippen molar-refractivity contribution in [2.24, 2.45) is 0 Å². The van der Waals surface area contributed by atoms with Crippen molar-refractivity contribution in [1.29, 1.82) is 0 Å². The highest BCUT2D eigenvalue weighted by Gasteiger charge is 2.13. The molecule has 0 saturated carbocycles. The normalized spacial score (nSPS) is 19.9. The van der Waals surface area contributed by atoms with E-state index in [4.69, 9.17) is 0 Å². The lowest BCUT2D eigenvalue weighted by Gasteiger charge is -2.11. The number of rotatable bonds is 4. The summed E-state index contributed by atoms with van der Waals surface area (Å²) in [5, 5.41) is 8.98. The van der Waals surface area contributed by atoms with Gasteiger partial charge in [-0.1, -0.05) is 0 Å². The first-order valence-corrected chi connectivity index (χ1v) is 6.97. The van der Waals surface area contributed by atoms with E-state index < -0.39 is 0 Å². The number of anilines is 1. The molecule has 1 fully saturated rings. The topological polar surface area (TPSA) is 49.8 Å². The molecule has 3 rings (SSSR count). The van der Waals surface area contributed by atoms with Gasteiger partial charge in [-0.3, -0.25) is 0 Å². The van der Waals surface area contributed by atoms with E-state index in [2.05, 4.69) is 26.0 Å². The molecule has 0 bridgehead atoms. The zero-order chi connectivity index (χ0) is 11.5. The van der Waals surface area contributed by atoms with Gasteiger partial charge in [-0.2, -0.15) is 0 Å². The molecule has 1 atom stereocenters. The van der Waals surface area contributed by atoms with Crippen LogP contribution in [0, 0.1) is 0 Å². The Labute approximate surface area is 104 Å². The average molecular weight is 248 g/mol. The van der Waals surface area contributed by atoms with Gasteiger partial charge in [-0.05, 0) is 37.3 Å². The first-order valence-electron chi connectivity index (χ1n) is 6.09. The Morgan fingerprint density at radius 2 is 2.47 bits per heavy atom. The van der Waals surface area contributed by atoms with Gasteiger partial charge in [0.05, 0.1) is 10.2 Å². The predicted octanol–water partition coefficient (Wildman–Crippen LogP) is 2.25. The van der Waals surface area contributed by atoms with E-state index >= 15 is 0 Å². The zero-order valence-corrected chi connectivity index (χ0v) is 10.5. The second kappa shape index (κ2) is 4.98. The van der Waals surface area contributed by atoms with Crippen LogP contribution in [0.15, 0.2) is 17.8 Å². The lowest BCUT2D eigenvalue weighted by molar-refractivity contribution is 0.574. The quantitative estimate of drug-likeness (QED) is 0.871. The van der Waals surface area contributed by atoms with E-state index in [0.717, 1.165) is 29.0 Å². The molecule has 2 aromatic heterocycles. The SMILES string of the molecule is c1nc(NCC[C@H]2CCCN2)c2sccc2n1. The van der Waals surface area contributed by atoms with E-state index in [-0.39, 0.29) is 0 Å². The van der Waals surface area contributed by atoms with Crippen molar-refractivity contribution >= 4 is 27.4 Å². The molecule has 0 aliphatic carbocycles.